The van der Waals surface area contributed by atoms with Gasteiger partial charge in [-0.3, -0.25) is 9.97 Å². The van der Waals surface area contributed by atoms with Crippen molar-refractivity contribution in [2.75, 3.05) is 0 Å². The molecular formula is C14H14N2. The zero-order chi connectivity index (χ0) is 10.8. The van der Waals surface area contributed by atoms with Crippen LogP contribution in [0.1, 0.15) is 22.4 Å². The van der Waals surface area contributed by atoms with E-state index in [-0.39, 0.29) is 0 Å². The van der Waals surface area contributed by atoms with Crippen LogP contribution in [-0.4, -0.2) is 9.97 Å². The van der Waals surface area contributed by atoms with Crippen LogP contribution in [0.25, 0.3) is 0 Å². The smallest absolute Gasteiger partial charge is 0.0438 e. The first-order chi connectivity index (χ1) is 7.93. The van der Waals surface area contributed by atoms with Crippen molar-refractivity contribution in [3.8, 4) is 0 Å². The van der Waals surface area contributed by atoms with Gasteiger partial charge in [0.15, 0.2) is 0 Å². The van der Waals surface area contributed by atoms with Crippen LogP contribution in [0.3, 0.4) is 0 Å². The Hall–Kier alpha value is -1.70. The molecule has 0 spiro atoms. The largest absolute Gasteiger partial charge is 0.264 e. The van der Waals surface area contributed by atoms with Crippen LogP contribution in [0.15, 0.2) is 36.8 Å². The predicted octanol–water partition coefficient (Wildman–Crippen LogP) is 2.36. The van der Waals surface area contributed by atoms with Gasteiger partial charge in [-0.15, -0.1) is 0 Å². The summed E-state index contributed by atoms with van der Waals surface area (Å²) in [7, 11) is 0. The van der Waals surface area contributed by atoms with Crippen molar-refractivity contribution in [3.05, 3.63) is 59.2 Å². The summed E-state index contributed by atoms with van der Waals surface area (Å²) in [5, 5.41) is 0. The fourth-order valence-electron chi connectivity index (χ4n) is 2.37. The molecule has 0 aromatic carbocycles. The molecular weight excluding hydrogens is 196 g/mol. The second-order valence-electron chi connectivity index (χ2n) is 4.25. The van der Waals surface area contributed by atoms with Gasteiger partial charge in [0.25, 0.3) is 0 Å². The summed E-state index contributed by atoms with van der Waals surface area (Å²) in [5.41, 5.74) is 5.50. The van der Waals surface area contributed by atoms with Crippen molar-refractivity contribution in [1.82, 2.24) is 9.97 Å². The third-order valence-electron chi connectivity index (χ3n) is 3.28. The molecule has 0 N–H and O–H groups in total. The third kappa shape index (κ3) is 1.71. The standard InChI is InChI=1S/C14H14N2/c1-2-12-4-3-11-7-9-15-10-13(11)5-6-14(12)16-8-1/h1-2,7-10H,3-6H2. The first-order valence-electron chi connectivity index (χ1n) is 5.78. The zero-order valence-electron chi connectivity index (χ0n) is 9.19. The van der Waals surface area contributed by atoms with E-state index in [1.54, 1.807) is 0 Å². The first-order valence-corrected chi connectivity index (χ1v) is 5.78. The summed E-state index contributed by atoms with van der Waals surface area (Å²) < 4.78 is 0. The van der Waals surface area contributed by atoms with Crippen LogP contribution in [0.2, 0.25) is 0 Å². The maximum Gasteiger partial charge on any atom is 0.0438 e. The van der Waals surface area contributed by atoms with Crippen molar-refractivity contribution in [2.45, 2.75) is 25.7 Å². The maximum atomic E-state index is 4.47. The molecule has 0 unspecified atom stereocenters. The average Bonchev–Trinajstić information content (AvgIpc) is 2.32. The molecule has 2 aromatic heterocycles. The first kappa shape index (κ1) is 9.52. The van der Waals surface area contributed by atoms with Crippen molar-refractivity contribution in [1.29, 1.82) is 0 Å². The van der Waals surface area contributed by atoms with E-state index >= 15 is 0 Å². The molecule has 16 heavy (non-hydrogen) atoms. The third-order valence-corrected chi connectivity index (χ3v) is 3.28. The average molecular weight is 210 g/mol. The number of fused-ring (bicyclic) bond motifs is 2. The van der Waals surface area contributed by atoms with Gasteiger partial charge in [-0.05, 0) is 54.5 Å². The zero-order valence-corrected chi connectivity index (χ0v) is 9.19. The molecule has 1 aliphatic carbocycles. The fraction of sp³-hybridized carbons (Fsp3) is 0.286. The minimum Gasteiger partial charge on any atom is -0.264 e. The highest BCUT2D eigenvalue weighted by molar-refractivity contribution is 5.30. The van der Waals surface area contributed by atoms with Gasteiger partial charge in [-0.25, -0.2) is 0 Å². The van der Waals surface area contributed by atoms with E-state index in [0.29, 0.717) is 0 Å². The summed E-state index contributed by atoms with van der Waals surface area (Å²) in [4.78, 5) is 8.68. The Kier molecular flexibility index (Phi) is 2.41. The molecule has 2 heterocycles. The molecule has 0 saturated carbocycles. The highest BCUT2D eigenvalue weighted by atomic mass is 14.7. The Morgan fingerprint density at radius 3 is 2.69 bits per heavy atom. The Labute approximate surface area is 95.4 Å². The quantitative estimate of drug-likeness (QED) is 0.667. The van der Waals surface area contributed by atoms with Gasteiger partial charge in [0, 0.05) is 24.3 Å². The van der Waals surface area contributed by atoms with Crippen molar-refractivity contribution in [2.24, 2.45) is 0 Å². The molecule has 0 atom stereocenters. The van der Waals surface area contributed by atoms with E-state index < -0.39 is 0 Å². The summed E-state index contributed by atoms with van der Waals surface area (Å²) in [6, 6.07) is 6.39. The van der Waals surface area contributed by atoms with Gasteiger partial charge in [-0.2, -0.15) is 0 Å². The van der Waals surface area contributed by atoms with Crippen molar-refractivity contribution >= 4 is 0 Å². The highest BCUT2D eigenvalue weighted by Gasteiger charge is 2.11. The maximum absolute atomic E-state index is 4.47. The van der Waals surface area contributed by atoms with Gasteiger partial charge in [0.2, 0.25) is 0 Å². The topological polar surface area (TPSA) is 25.8 Å². The van der Waals surface area contributed by atoms with Gasteiger partial charge in [0.1, 0.15) is 0 Å². The molecule has 3 rings (SSSR count). The van der Waals surface area contributed by atoms with Crippen molar-refractivity contribution in [3.63, 3.8) is 0 Å². The number of aromatic nitrogens is 2. The van der Waals surface area contributed by atoms with E-state index in [9.17, 15) is 0 Å². The molecule has 0 amide bonds. The Morgan fingerprint density at radius 1 is 0.812 bits per heavy atom. The Balaban J connectivity index is 1.97. The second-order valence-corrected chi connectivity index (χ2v) is 4.25. The molecule has 0 radical (unpaired) electrons. The summed E-state index contributed by atoms with van der Waals surface area (Å²) in [6.45, 7) is 0. The minimum absolute atomic E-state index is 1.04. The number of nitrogens with zero attached hydrogens (tertiary/aromatic N) is 2. The fourth-order valence-corrected chi connectivity index (χ4v) is 2.37. The summed E-state index contributed by atoms with van der Waals surface area (Å²) >= 11 is 0. The van der Waals surface area contributed by atoms with Gasteiger partial charge < -0.3 is 0 Å². The number of hydrogen-bond donors (Lipinski definition) is 0. The number of pyridine rings is 2. The second kappa shape index (κ2) is 4.05. The molecule has 2 aromatic rings. The normalized spacial score (nSPS) is 14.5. The van der Waals surface area contributed by atoms with Crippen molar-refractivity contribution < 1.29 is 0 Å². The van der Waals surface area contributed by atoms with E-state index in [1.807, 2.05) is 24.7 Å². The molecule has 2 nitrogen and oxygen atoms in total. The molecule has 80 valence electrons. The molecule has 0 aliphatic heterocycles. The Morgan fingerprint density at radius 2 is 1.69 bits per heavy atom. The SMILES string of the molecule is c1cnc2c(c1)CCc1ccncc1CC2. The summed E-state index contributed by atoms with van der Waals surface area (Å²) in [6.07, 6.45) is 10.1. The molecule has 2 heteroatoms. The molecule has 0 saturated heterocycles. The Bertz CT molecular complexity index is 412. The van der Waals surface area contributed by atoms with Crippen LogP contribution in [0, 0.1) is 0 Å². The lowest BCUT2D eigenvalue weighted by Crippen LogP contribution is -2.08. The number of hydrogen-bond acceptors (Lipinski definition) is 2. The lowest BCUT2D eigenvalue weighted by Gasteiger charge is -2.15. The van der Waals surface area contributed by atoms with Crippen LogP contribution >= 0.6 is 0 Å². The van der Waals surface area contributed by atoms with E-state index in [4.69, 9.17) is 0 Å². The highest BCUT2D eigenvalue weighted by Crippen LogP contribution is 2.19. The lowest BCUT2D eigenvalue weighted by molar-refractivity contribution is 0.806. The van der Waals surface area contributed by atoms with Crippen LogP contribution in [-0.2, 0) is 25.7 Å². The van der Waals surface area contributed by atoms with Crippen LogP contribution < -0.4 is 0 Å². The lowest BCUT2D eigenvalue weighted by atomic mass is 9.93. The number of aryl methyl sites for hydroxylation is 4. The van der Waals surface area contributed by atoms with Gasteiger partial charge in [-0.1, -0.05) is 6.07 Å². The molecule has 0 fully saturated rings. The summed E-state index contributed by atoms with van der Waals surface area (Å²) in [5.74, 6) is 0. The van der Waals surface area contributed by atoms with Crippen LogP contribution in [0.4, 0.5) is 0 Å². The molecule has 0 bridgehead atoms. The van der Waals surface area contributed by atoms with Gasteiger partial charge >= 0.3 is 0 Å². The van der Waals surface area contributed by atoms with E-state index in [2.05, 4.69) is 22.1 Å². The van der Waals surface area contributed by atoms with E-state index in [0.717, 1.165) is 25.7 Å². The molecule has 1 aliphatic rings. The predicted molar refractivity (Wildman–Crippen MR) is 63.3 cm³/mol. The monoisotopic (exact) mass is 210 g/mol. The van der Waals surface area contributed by atoms with Gasteiger partial charge in [0.05, 0.1) is 0 Å². The van der Waals surface area contributed by atoms with Crippen LogP contribution in [0.5, 0.6) is 0 Å². The minimum atomic E-state index is 1.04. The number of rotatable bonds is 0. The van der Waals surface area contributed by atoms with E-state index in [1.165, 1.54) is 22.4 Å².